The summed E-state index contributed by atoms with van der Waals surface area (Å²) in [5, 5.41) is 12.8. The molecule has 0 spiro atoms. The SMILES string of the molecule is COC(=O)C[C@H]1C(C)(C)[C@H](OC(C)=O)[C@@H]2C=C3[C@H]([C@H](OC(C)=O)C[C@@]4(C)[C@H](c5ccoc5)OC(=O)C[C@@]34O)[C@@]1(C)C2=O. The first-order chi connectivity index (χ1) is 19.5. The van der Waals surface area contributed by atoms with E-state index >= 15 is 0 Å². The van der Waals surface area contributed by atoms with Crippen LogP contribution in [-0.2, 0) is 42.9 Å². The van der Waals surface area contributed by atoms with E-state index in [1.54, 1.807) is 26.0 Å². The third kappa shape index (κ3) is 4.06. The van der Waals surface area contributed by atoms with Gasteiger partial charge in [0.15, 0.2) is 0 Å². The van der Waals surface area contributed by atoms with E-state index in [2.05, 4.69) is 0 Å². The Morgan fingerprint density at radius 3 is 2.31 bits per heavy atom. The van der Waals surface area contributed by atoms with Crippen LogP contribution in [0.4, 0.5) is 0 Å². The second-order valence-electron chi connectivity index (χ2n) is 13.2. The summed E-state index contributed by atoms with van der Waals surface area (Å²) in [6.45, 7) is 9.66. The second-order valence-corrected chi connectivity index (χ2v) is 13.2. The summed E-state index contributed by atoms with van der Waals surface area (Å²) in [5.74, 6) is -5.36. The van der Waals surface area contributed by atoms with Crippen LogP contribution in [0.15, 0.2) is 34.7 Å². The zero-order valence-corrected chi connectivity index (χ0v) is 24.9. The molecule has 0 amide bonds. The standard InChI is InChI=1S/C31H38O11/c1-15(32)40-20-12-29(5)26(17-8-9-39-14-17)42-23(35)13-31(29,37)19-10-18-25(36)30(6,24(19)20)21(11-22(34)38-7)28(3,4)27(18)41-16(2)33/h8-10,14,18,20-21,24,26-27,37H,11-13H2,1-7H3/t18-,20-,21+,24-,26+,27-,29+,30+,31-/m1/s1. The number of ether oxygens (including phenoxy) is 4. The van der Waals surface area contributed by atoms with Crippen molar-refractivity contribution in [2.45, 2.75) is 84.7 Å². The first kappa shape index (κ1) is 30.0. The van der Waals surface area contributed by atoms with Gasteiger partial charge < -0.3 is 28.5 Å². The number of furan rings is 1. The van der Waals surface area contributed by atoms with Crippen LogP contribution in [0.3, 0.4) is 0 Å². The van der Waals surface area contributed by atoms with Gasteiger partial charge in [-0.25, -0.2) is 0 Å². The Kier molecular flexibility index (Phi) is 6.99. The van der Waals surface area contributed by atoms with Gasteiger partial charge in [-0.2, -0.15) is 0 Å². The van der Waals surface area contributed by atoms with Crippen LogP contribution in [0.2, 0.25) is 0 Å². The maximum absolute atomic E-state index is 14.5. The van der Waals surface area contributed by atoms with Crippen LogP contribution in [0.25, 0.3) is 0 Å². The first-order valence-electron chi connectivity index (χ1n) is 14.1. The van der Waals surface area contributed by atoms with Crippen molar-refractivity contribution >= 4 is 29.7 Å². The van der Waals surface area contributed by atoms with Gasteiger partial charge in [-0.05, 0) is 24.0 Å². The minimum Gasteiger partial charge on any atom is -0.472 e. The van der Waals surface area contributed by atoms with E-state index in [9.17, 15) is 29.1 Å². The molecule has 2 saturated carbocycles. The van der Waals surface area contributed by atoms with Gasteiger partial charge in [0.25, 0.3) is 0 Å². The Labute approximate surface area is 243 Å². The molecule has 2 bridgehead atoms. The lowest BCUT2D eigenvalue weighted by atomic mass is 9.39. The molecule has 11 nitrogen and oxygen atoms in total. The Morgan fingerprint density at radius 1 is 1.07 bits per heavy atom. The number of carbonyl (C=O) groups is 5. The molecule has 1 aromatic rings. The average molecular weight is 587 g/mol. The number of cyclic esters (lactones) is 1. The summed E-state index contributed by atoms with van der Waals surface area (Å²) in [6.07, 6.45) is 1.04. The Bertz CT molecular complexity index is 1360. The summed E-state index contributed by atoms with van der Waals surface area (Å²) in [7, 11) is 1.25. The number of Topliss-reactive ketones (excluding diaryl/α,β-unsaturated/α-hetero) is 1. The van der Waals surface area contributed by atoms with Gasteiger partial charge in [-0.1, -0.05) is 33.8 Å². The zero-order chi connectivity index (χ0) is 31.0. The lowest BCUT2D eigenvalue weighted by Gasteiger charge is -2.66. The largest absolute Gasteiger partial charge is 0.472 e. The number of rotatable bonds is 5. The lowest BCUT2D eigenvalue weighted by molar-refractivity contribution is -0.241. The number of methoxy groups -OCH3 is 1. The highest BCUT2D eigenvalue weighted by Crippen LogP contribution is 2.69. The molecule has 3 fully saturated rings. The molecule has 0 radical (unpaired) electrons. The van der Waals surface area contributed by atoms with Crippen molar-refractivity contribution in [3.05, 3.63) is 35.8 Å². The number of hydrogen-bond acceptors (Lipinski definition) is 11. The van der Waals surface area contributed by atoms with Crippen molar-refractivity contribution in [2.75, 3.05) is 7.11 Å². The van der Waals surface area contributed by atoms with Crippen molar-refractivity contribution in [1.29, 1.82) is 0 Å². The number of fused-ring (bicyclic) bond motifs is 6. The van der Waals surface area contributed by atoms with Crippen molar-refractivity contribution in [1.82, 2.24) is 0 Å². The number of esters is 4. The van der Waals surface area contributed by atoms with E-state index in [-0.39, 0.29) is 18.6 Å². The second kappa shape index (κ2) is 9.79. The summed E-state index contributed by atoms with van der Waals surface area (Å²) < 4.78 is 27.8. The number of aliphatic hydroxyl groups is 1. The van der Waals surface area contributed by atoms with Gasteiger partial charge in [0, 0.05) is 48.0 Å². The minimum absolute atomic E-state index is 0.0422. The van der Waals surface area contributed by atoms with Crippen LogP contribution in [0.5, 0.6) is 0 Å². The molecular weight excluding hydrogens is 548 g/mol. The zero-order valence-electron chi connectivity index (χ0n) is 24.9. The molecule has 9 atom stereocenters. The van der Waals surface area contributed by atoms with Gasteiger partial charge in [-0.3, -0.25) is 24.0 Å². The topological polar surface area (TPSA) is 156 Å². The van der Waals surface area contributed by atoms with Crippen molar-refractivity contribution in [2.24, 2.45) is 34.0 Å². The molecule has 4 aliphatic rings. The molecule has 2 heterocycles. The molecule has 1 aliphatic heterocycles. The Balaban J connectivity index is 1.80. The van der Waals surface area contributed by atoms with Gasteiger partial charge in [0.2, 0.25) is 0 Å². The summed E-state index contributed by atoms with van der Waals surface area (Å²) in [6, 6.07) is 1.64. The lowest BCUT2D eigenvalue weighted by Crippen LogP contribution is -2.72. The van der Waals surface area contributed by atoms with Crippen LogP contribution in [-0.4, -0.2) is 59.7 Å². The number of ketones is 1. The fraction of sp³-hybridized carbons (Fsp3) is 0.645. The molecule has 1 saturated heterocycles. The molecule has 1 N–H and O–H groups in total. The highest BCUT2D eigenvalue weighted by atomic mass is 16.6. The van der Waals surface area contributed by atoms with Crippen molar-refractivity contribution in [3.63, 3.8) is 0 Å². The van der Waals surface area contributed by atoms with Gasteiger partial charge in [0.1, 0.15) is 29.7 Å². The average Bonchev–Trinajstić information content (AvgIpc) is 3.42. The molecule has 0 aromatic carbocycles. The van der Waals surface area contributed by atoms with E-state index < -0.39 is 88.2 Å². The molecule has 1 aromatic heterocycles. The van der Waals surface area contributed by atoms with E-state index in [1.807, 2.05) is 13.8 Å². The third-order valence-corrected chi connectivity index (χ3v) is 10.6. The fourth-order valence-electron chi connectivity index (χ4n) is 8.72. The maximum atomic E-state index is 14.5. The van der Waals surface area contributed by atoms with E-state index in [4.69, 9.17) is 23.4 Å². The van der Waals surface area contributed by atoms with Gasteiger partial charge in [-0.15, -0.1) is 0 Å². The summed E-state index contributed by atoms with van der Waals surface area (Å²) >= 11 is 0. The van der Waals surface area contributed by atoms with Gasteiger partial charge in [0.05, 0.1) is 32.0 Å². The number of hydrogen-bond donors (Lipinski definition) is 1. The molecule has 3 aliphatic carbocycles. The van der Waals surface area contributed by atoms with Crippen LogP contribution in [0.1, 0.15) is 72.5 Å². The predicted octanol–water partition coefficient (Wildman–Crippen LogP) is 3.24. The first-order valence-corrected chi connectivity index (χ1v) is 14.1. The third-order valence-electron chi connectivity index (χ3n) is 10.6. The molecule has 11 heteroatoms. The van der Waals surface area contributed by atoms with Gasteiger partial charge >= 0.3 is 23.9 Å². The quantitative estimate of drug-likeness (QED) is 0.307. The normalized spacial score (nSPS) is 40.0. The molecule has 228 valence electrons. The maximum Gasteiger partial charge on any atom is 0.309 e. The molecule has 0 unspecified atom stereocenters. The van der Waals surface area contributed by atoms with E-state index in [0.29, 0.717) is 11.1 Å². The van der Waals surface area contributed by atoms with Crippen LogP contribution < -0.4 is 0 Å². The van der Waals surface area contributed by atoms with Crippen LogP contribution in [0, 0.1) is 34.0 Å². The highest BCUT2D eigenvalue weighted by Gasteiger charge is 2.74. The molecule has 42 heavy (non-hydrogen) atoms. The molecular formula is C31H38O11. The smallest absolute Gasteiger partial charge is 0.309 e. The summed E-state index contributed by atoms with van der Waals surface area (Å²) in [4.78, 5) is 65.3. The predicted molar refractivity (Wildman–Crippen MR) is 143 cm³/mol. The Hall–Kier alpha value is -3.47. The number of carbonyl (C=O) groups excluding carboxylic acids is 5. The van der Waals surface area contributed by atoms with Crippen molar-refractivity contribution in [3.8, 4) is 0 Å². The fourth-order valence-corrected chi connectivity index (χ4v) is 8.72. The van der Waals surface area contributed by atoms with Crippen molar-refractivity contribution < 1.29 is 52.4 Å². The highest BCUT2D eigenvalue weighted by molar-refractivity contribution is 5.94. The van der Waals surface area contributed by atoms with E-state index in [0.717, 1.165) is 0 Å². The van der Waals surface area contributed by atoms with Crippen LogP contribution >= 0.6 is 0 Å². The minimum atomic E-state index is -1.84. The Morgan fingerprint density at radius 2 is 1.74 bits per heavy atom. The monoisotopic (exact) mass is 586 g/mol. The van der Waals surface area contributed by atoms with E-state index in [1.165, 1.54) is 33.5 Å². The molecule has 5 rings (SSSR count). The summed E-state index contributed by atoms with van der Waals surface area (Å²) in [5.41, 5.74) is -4.52.